The smallest absolute Gasteiger partial charge is 0.321 e. The van der Waals surface area contributed by atoms with E-state index in [9.17, 15) is 0 Å². The van der Waals surface area contributed by atoms with E-state index in [4.69, 9.17) is 8.85 Å². The van der Waals surface area contributed by atoms with E-state index in [0.717, 1.165) is 18.4 Å². The van der Waals surface area contributed by atoms with Crippen LogP contribution in [0, 0.1) is 0 Å². The highest BCUT2D eigenvalue weighted by Crippen LogP contribution is 2.06. The summed E-state index contributed by atoms with van der Waals surface area (Å²) in [6.45, 7) is 2.81. The fourth-order valence-electron chi connectivity index (χ4n) is 1.05. The van der Waals surface area contributed by atoms with Crippen LogP contribution in [0.25, 0.3) is 0 Å². The van der Waals surface area contributed by atoms with E-state index in [-0.39, 0.29) is 0 Å². The van der Waals surface area contributed by atoms with E-state index in [1.54, 1.807) is 7.11 Å². The summed E-state index contributed by atoms with van der Waals surface area (Å²) in [5.41, 5.74) is 0. The van der Waals surface area contributed by atoms with Crippen LogP contribution < -0.4 is 0 Å². The van der Waals surface area contributed by atoms with Crippen molar-refractivity contribution in [2.45, 2.75) is 32.2 Å². The Kier molecular flexibility index (Phi) is 9.96. The standard InChI is InChI=1S/C8H20O2SSi/c1-3-10-12(9-2)8-6-4-5-7-11/h11-12H,3-8H2,1-2H3. The third-order valence-electron chi connectivity index (χ3n) is 1.71. The molecule has 0 fully saturated rings. The second-order valence-corrected chi connectivity index (χ2v) is 5.38. The molecule has 1 atom stereocenters. The summed E-state index contributed by atoms with van der Waals surface area (Å²) in [7, 11) is 0.475. The van der Waals surface area contributed by atoms with E-state index in [1.165, 1.54) is 19.3 Å². The van der Waals surface area contributed by atoms with Crippen molar-refractivity contribution in [2.75, 3.05) is 19.5 Å². The Bertz CT molecular complexity index is 93.1. The molecular formula is C8H20O2SSi. The summed E-state index contributed by atoms with van der Waals surface area (Å²) in [6, 6.07) is 1.14. The fourth-order valence-corrected chi connectivity index (χ4v) is 2.81. The van der Waals surface area contributed by atoms with Crippen LogP contribution in [0.2, 0.25) is 6.04 Å². The van der Waals surface area contributed by atoms with Gasteiger partial charge in [-0.1, -0.05) is 12.8 Å². The minimum absolute atomic E-state index is 0.789. The monoisotopic (exact) mass is 208 g/mol. The van der Waals surface area contributed by atoms with Crippen LogP contribution in [-0.2, 0) is 8.85 Å². The van der Waals surface area contributed by atoms with Crippen LogP contribution in [-0.4, -0.2) is 28.8 Å². The van der Waals surface area contributed by atoms with Gasteiger partial charge < -0.3 is 8.85 Å². The van der Waals surface area contributed by atoms with Gasteiger partial charge in [-0.2, -0.15) is 12.6 Å². The molecule has 0 aliphatic carbocycles. The number of hydrogen-bond donors (Lipinski definition) is 1. The molecule has 0 aliphatic rings. The Labute approximate surface area is 82.9 Å². The van der Waals surface area contributed by atoms with Crippen molar-refractivity contribution in [1.29, 1.82) is 0 Å². The van der Waals surface area contributed by atoms with Crippen LogP contribution in [0.3, 0.4) is 0 Å². The third-order valence-corrected chi connectivity index (χ3v) is 4.14. The maximum Gasteiger partial charge on any atom is 0.321 e. The first-order chi connectivity index (χ1) is 5.85. The molecule has 0 aromatic carbocycles. The number of hydrogen-bond acceptors (Lipinski definition) is 3. The number of unbranched alkanes of at least 4 members (excludes halogenated alkanes) is 2. The zero-order valence-electron chi connectivity index (χ0n) is 8.08. The summed E-state index contributed by atoms with van der Waals surface area (Å²) in [5, 5.41) is 0. The van der Waals surface area contributed by atoms with Gasteiger partial charge in [-0.05, 0) is 25.1 Å². The van der Waals surface area contributed by atoms with Gasteiger partial charge >= 0.3 is 9.28 Å². The van der Waals surface area contributed by atoms with Crippen LogP contribution in [0.1, 0.15) is 26.2 Å². The van der Waals surface area contributed by atoms with E-state index in [2.05, 4.69) is 12.6 Å². The van der Waals surface area contributed by atoms with E-state index in [1.807, 2.05) is 6.92 Å². The van der Waals surface area contributed by atoms with Gasteiger partial charge in [-0.15, -0.1) is 0 Å². The molecule has 0 aliphatic heterocycles. The minimum Gasteiger partial charge on any atom is -0.400 e. The first kappa shape index (κ1) is 12.5. The molecule has 0 bridgehead atoms. The van der Waals surface area contributed by atoms with Gasteiger partial charge in [0, 0.05) is 13.7 Å². The van der Waals surface area contributed by atoms with Gasteiger partial charge in [0.2, 0.25) is 0 Å². The lowest BCUT2D eigenvalue weighted by atomic mass is 10.3. The van der Waals surface area contributed by atoms with Crippen LogP contribution in [0.5, 0.6) is 0 Å². The lowest BCUT2D eigenvalue weighted by molar-refractivity contribution is 0.240. The predicted molar refractivity (Wildman–Crippen MR) is 58.3 cm³/mol. The lowest BCUT2D eigenvalue weighted by Crippen LogP contribution is -2.20. The Balaban J connectivity index is 3.19. The highest BCUT2D eigenvalue weighted by Gasteiger charge is 2.08. The average molecular weight is 208 g/mol. The SMILES string of the molecule is CCO[SiH](CCCCCS)OC. The average Bonchev–Trinajstić information content (AvgIpc) is 2.10. The molecule has 0 amide bonds. The van der Waals surface area contributed by atoms with Gasteiger partial charge in [0.15, 0.2) is 0 Å². The molecular weight excluding hydrogens is 188 g/mol. The molecule has 12 heavy (non-hydrogen) atoms. The maximum absolute atomic E-state index is 5.47. The Morgan fingerprint density at radius 2 is 2.00 bits per heavy atom. The predicted octanol–water partition coefficient (Wildman–Crippen LogP) is 1.99. The van der Waals surface area contributed by atoms with Gasteiger partial charge in [-0.25, -0.2) is 0 Å². The second kappa shape index (κ2) is 9.57. The Morgan fingerprint density at radius 1 is 1.25 bits per heavy atom. The van der Waals surface area contributed by atoms with Crippen molar-refractivity contribution in [3.8, 4) is 0 Å². The summed E-state index contributed by atoms with van der Waals surface area (Å²) in [4.78, 5) is 0. The van der Waals surface area contributed by atoms with Crippen LogP contribution in [0.4, 0.5) is 0 Å². The number of rotatable bonds is 8. The summed E-state index contributed by atoms with van der Waals surface area (Å²) in [5.74, 6) is 0.994. The number of thiol groups is 1. The summed E-state index contributed by atoms with van der Waals surface area (Å²) in [6.07, 6.45) is 3.69. The van der Waals surface area contributed by atoms with Crippen LogP contribution in [0.15, 0.2) is 0 Å². The van der Waals surface area contributed by atoms with Crippen molar-refractivity contribution in [2.24, 2.45) is 0 Å². The van der Waals surface area contributed by atoms with Crippen molar-refractivity contribution in [3.63, 3.8) is 0 Å². The highest BCUT2D eigenvalue weighted by atomic mass is 32.1. The Hall–Kier alpha value is 0.487. The van der Waals surface area contributed by atoms with Crippen LogP contribution >= 0.6 is 12.6 Å². The highest BCUT2D eigenvalue weighted by molar-refractivity contribution is 7.80. The van der Waals surface area contributed by atoms with Gasteiger partial charge in [0.25, 0.3) is 0 Å². The van der Waals surface area contributed by atoms with Gasteiger partial charge in [-0.3, -0.25) is 0 Å². The van der Waals surface area contributed by atoms with E-state index in [0.29, 0.717) is 0 Å². The molecule has 0 aromatic heterocycles. The molecule has 0 rings (SSSR count). The van der Waals surface area contributed by atoms with Gasteiger partial charge in [0.05, 0.1) is 0 Å². The molecule has 4 heteroatoms. The molecule has 0 saturated carbocycles. The molecule has 0 spiro atoms. The summed E-state index contributed by atoms with van der Waals surface area (Å²) >= 11 is 4.16. The van der Waals surface area contributed by atoms with Crippen molar-refractivity contribution in [3.05, 3.63) is 0 Å². The molecule has 0 heterocycles. The summed E-state index contributed by atoms with van der Waals surface area (Å²) < 4.78 is 10.7. The second-order valence-electron chi connectivity index (χ2n) is 2.69. The third kappa shape index (κ3) is 7.15. The first-order valence-corrected chi connectivity index (χ1v) is 6.99. The van der Waals surface area contributed by atoms with Crippen molar-refractivity contribution < 1.29 is 8.85 Å². The van der Waals surface area contributed by atoms with Crippen molar-refractivity contribution in [1.82, 2.24) is 0 Å². The zero-order chi connectivity index (χ0) is 9.23. The molecule has 0 radical (unpaired) electrons. The minimum atomic E-state index is -1.28. The topological polar surface area (TPSA) is 18.5 Å². The molecule has 2 nitrogen and oxygen atoms in total. The maximum atomic E-state index is 5.47. The molecule has 0 aromatic rings. The molecule has 1 unspecified atom stereocenters. The van der Waals surface area contributed by atoms with E-state index >= 15 is 0 Å². The molecule has 74 valence electrons. The first-order valence-electron chi connectivity index (χ1n) is 4.60. The molecule has 0 N–H and O–H groups in total. The van der Waals surface area contributed by atoms with E-state index < -0.39 is 9.28 Å². The Morgan fingerprint density at radius 3 is 2.50 bits per heavy atom. The fraction of sp³-hybridized carbons (Fsp3) is 1.00. The normalized spacial score (nSPS) is 13.2. The quantitative estimate of drug-likeness (QED) is 0.374. The van der Waals surface area contributed by atoms with Crippen molar-refractivity contribution >= 4 is 21.9 Å². The largest absolute Gasteiger partial charge is 0.400 e. The zero-order valence-corrected chi connectivity index (χ0v) is 10.1. The molecule has 0 saturated heterocycles. The lowest BCUT2D eigenvalue weighted by Gasteiger charge is -2.11. The van der Waals surface area contributed by atoms with Gasteiger partial charge in [0.1, 0.15) is 0 Å².